The molecule has 9 heavy (non-hydrogen) atoms. The van der Waals surface area contributed by atoms with Gasteiger partial charge in [-0.05, 0) is 0 Å². The van der Waals surface area contributed by atoms with Gasteiger partial charge >= 0.3 is 150 Å². The molecule has 0 aliphatic carbocycles. The maximum atomic E-state index is 0. The van der Waals surface area contributed by atoms with Crippen molar-refractivity contribution in [1.29, 1.82) is 0 Å². The fourth-order valence-corrected chi connectivity index (χ4v) is 0. The Morgan fingerprint density at radius 1 is 0.444 bits per heavy atom. The van der Waals surface area contributed by atoms with Gasteiger partial charge in [-0.1, -0.05) is 0 Å². The molecular formula is H4Ba2Bi2Nd2O3. The summed E-state index contributed by atoms with van der Waals surface area (Å²) in [4.78, 5) is 0. The van der Waals surface area contributed by atoms with Crippen molar-refractivity contribution in [3.63, 3.8) is 0 Å². The molecule has 0 N–H and O–H groups in total. The summed E-state index contributed by atoms with van der Waals surface area (Å²) in [5, 5.41) is 0. The molecule has 3 nitrogen and oxygen atoms in total. The predicted octanol–water partition coefficient (Wildman–Crippen LogP) is -2.95. The summed E-state index contributed by atoms with van der Waals surface area (Å²) in [5.41, 5.74) is 0. The van der Waals surface area contributed by atoms with Crippen LogP contribution in [-0.4, -0.2) is 150 Å². The van der Waals surface area contributed by atoms with E-state index >= 15 is 0 Å². The molecule has 0 atom stereocenters. The van der Waals surface area contributed by atoms with Gasteiger partial charge in [-0.15, -0.1) is 0 Å². The number of hydrogen-bond acceptors (Lipinski definition) is 0. The summed E-state index contributed by atoms with van der Waals surface area (Å²) in [6, 6.07) is 0. The summed E-state index contributed by atoms with van der Waals surface area (Å²) in [7, 11) is 0. The van der Waals surface area contributed by atoms with Crippen LogP contribution in [0, 0.1) is 81.7 Å². The molecule has 44 valence electrons. The van der Waals surface area contributed by atoms with Gasteiger partial charge in [0.05, 0.1) is 0 Å². The van der Waals surface area contributed by atoms with Gasteiger partial charge in [0.15, 0.2) is 0 Å². The second-order valence-corrected chi connectivity index (χ2v) is 0. The molecule has 0 aromatic carbocycles. The number of rotatable bonds is 0. The van der Waals surface area contributed by atoms with Crippen molar-refractivity contribution in [2.75, 3.05) is 0 Å². The zero-order chi connectivity index (χ0) is 0. The van der Waals surface area contributed by atoms with Gasteiger partial charge in [0, 0.05) is 81.7 Å². The zero-order valence-electron chi connectivity index (χ0n) is 3.12. The Balaban J connectivity index is 0. The summed E-state index contributed by atoms with van der Waals surface area (Å²) >= 11 is 0. The van der Waals surface area contributed by atoms with Crippen LogP contribution in [0.1, 0.15) is 0 Å². The molecular weight excluding hydrogens is 1030 g/mol. The standard InChI is InChI=1S/2Ba.2Bi.2Nd.3O.4H/q;;2*+3;;;3*-2;;;;. The molecule has 0 saturated heterocycles. The first-order chi connectivity index (χ1) is 0. The quantitative estimate of drug-likeness (QED) is 0.233. The minimum absolute atomic E-state index is 0. The van der Waals surface area contributed by atoms with E-state index in [0.29, 0.717) is 0 Å². The first kappa shape index (κ1) is 70.5. The molecule has 9 heteroatoms. The molecule has 0 aromatic rings. The minimum atomic E-state index is 0. The van der Waals surface area contributed by atoms with Gasteiger partial charge in [0.25, 0.3) is 0 Å². The van der Waals surface area contributed by atoms with Gasteiger partial charge in [-0.2, -0.15) is 0 Å². The van der Waals surface area contributed by atoms with E-state index in [-0.39, 0.29) is 248 Å². The monoisotopic (exact) mass is 1030 g/mol. The normalized spacial score (nSPS) is 0. The van der Waals surface area contributed by atoms with Crippen LogP contribution < -0.4 is 0 Å². The van der Waals surface area contributed by atoms with Crippen LogP contribution in [0.25, 0.3) is 0 Å². The summed E-state index contributed by atoms with van der Waals surface area (Å²) in [6.45, 7) is 0. The fourth-order valence-electron chi connectivity index (χ4n) is 0. The maximum absolute atomic E-state index is 0. The third kappa shape index (κ3) is 50.2. The van der Waals surface area contributed by atoms with Crippen LogP contribution >= 0.6 is 0 Å². The van der Waals surface area contributed by atoms with Gasteiger partial charge < -0.3 is 16.4 Å². The summed E-state index contributed by atoms with van der Waals surface area (Å²) < 4.78 is 0. The van der Waals surface area contributed by atoms with E-state index in [1.165, 1.54) is 0 Å². The van der Waals surface area contributed by atoms with Gasteiger partial charge in [-0.25, -0.2) is 0 Å². The second-order valence-electron chi connectivity index (χ2n) is 0. The largest absolute Gasteiger partial charge is 3.00 e. The van der Waals surface area contributed by atoms with Crippen molar-refractivity contribution in [3.8, 4) is 0 Å². The fraction of sp³-hybridized carbons (Fsp3) is 0. The molecule has 4 radical (unpaired) electrons. The van der Waals surface area contributed by atoms with E-state index in [1.54, 1.807) is 0 Å². The average molecular weight is 1030 g/mol. The number of hydrogen-bond donors (Lipinski definition) is 0. The Labute approximate surface area is 240 Å². The SMILES string of the molecule is [BaH2].[BaH2].[Bi+3].[Bi+3].[Nd].[Nd].[O-2].[O-2].[O-2]. The van der Waals surface area contributed by atoms with Crippen LogP contribution in [0.2, 0.25) is 0 Å². The van der Waals surface area contributed by atoms with Crippen LogP contribution in [-0.2, 0) is 16.4 Å². The molecule has 0 bridgehead atoms. The zero-order valence-corrected chi connectivity index (χ0v) is 16.5. The Hall–Kier alpha value is 7.49. The van der Waals surface area contributed by atoms with Crippen LogP contribution in [0.5, 0.6) is 0 Å². The first-order valence-corrected chi connectivity index (χ1v) is 0. The van der Waals surface area contributed by atoms with E-state index in [2.05, 4.69) is 0 Å². The van der Waals surface area contributed by atoms with E-state index in [9.17, 15) is 0 Å². The van der Waals surface area contributed by atoms with Gasteiger partial charge in [0.1, 0.15) is 0 Å². The molecule has 0 heterocycles. The predicted molar refractivity (Wildman–Crippen MR) is 30.7 cm³/mol. The molecule has 0 fully saturated rings. The van der Waals surface area contributed by atoms with Crippen molar-refractivity contribution in [3.05, 3.63) is 0 Å². The Bertz CT molecular complexity index is 17.8. The Morgan fingerprint density at radius 2 is 0.444 bits per heavy atom. The van der Waals surface area contributed by atoms with Gasteiger partial charge in [0.2, 0.25) is 0 Å². The average Bonchev–Trinajstić information content (AvgIpc) is 0. The van der Waals surface area contributed by atoms with Gasteiger partial charge in [-0.3, -0.25) is 0 Å². The summed E-state index contributed by atoms with van der Waals surface area (Å²) in [5.74, 6) is 0. The Morgan fingerprint density at radius 3 is 0.444 bits per heavy atom. The van der Waals surface area contributed by atoms with Crippen molar-refractivity contribution < 1.29 is 98.1 Å². The van der Waals surface area contributed by atoms with Crippen molar-refractivity contribution >= 4 is 150 Å². The van der Waals surface area contributed by atoms with E-state index in [1.807, 2.05) is 0 Å². The second kappa shape index (κ2) is 58.0. The molecule has 0 saturated carbocycles. The van der Waals surface area contributed by atoms with Crippen molar-refractivity contribution in [2.24, 2.45) is 0 Å². The molecule has 0 rings (SSSR count). The third-order valence-corrected chi connectivity index (χ3v) is 0. The minimum Gasteiger partial charge on any atom is -2.00 e. The van der Waals surface area contributed by atoms with E-state index in [0.717, 1.165) is 0 Å². The smallest absolute Gasteiger partial charge is 2.00 e. The summed E-state index contributed by atoms with van der Waals surface area (Å²) in [6.07, 6.45) is 0. The van der Waals surface area contributed by atoms with Crippen LogP contribution in [0.15, 0.2) is 0 Å². The first-order valence-electron chi connectivity index (χ1n) is 0. The van der Waals surface area contributed by atoms with E-state index < -0.39 is 0 Å². The Kier molecular flexibility index (Phi) is 454. The van der Waals surface area contributed by atoms with Crippen molar-refractivity contribution in [2.45, 2.75) is 0 Å². The molecule has 0 aliphatic rings. The molecule has 0 unspecified atom stereocenters. The van der Waals surface area contributed by atoms with Crippen molar-refractivity contribution in [1.82, 2.24) is 0 Å². The van der Waals surface area contributed by atoms with E-state index in [4.69, 9.17) is 0 Å². The maximum Gasteiger partial charge on any atom is 3.00 e. The molecule has 0 amide bonds. The van der Waals surface area contributed by atoms with Crippen LogP contribution in [0.4, 0.5) is 0 Å². The molecule has 0 aliphatic heterocycles. The third-order valence-electron chi connectivity index (χ3n) is 0. The topological polar surface area (TPSA) is 85.5 Å². The molecule has 0 aromatic heterocycles. The van der Waals surface area contributed by atoms with Crippen LogP contribution in [0.3, 0.4) is 0 Å². The molecule has 0 spiro atoms.